The fourth-order valence-corrected chi connectivity index (χ4v) is 1.38. The van der Waals surface area contributed by atoms with Gasteiger partial charge in [-0.05, 0) is 18.9 Å². The van der Waals surface area contributed by atoms with Crippen molar-refractivity contribution in [2.45, 2.75) is 39.4 Å². The summed E-state index contributed by atoms with van der Waals surface area (Å²) in [7, 11) is 0. The average molecular weight is 227 g/mol. The van der Waals surface area contributed by atoms with Crippen LogP contribution in [0.2, 0.25) is 0 Å². The smallest absolute Gasteiger partial charge is 0.370 e. The summed E-state index contributed by atoms with van der Waals surface area (Å²) in [5.41, 5.74) is 0. The molecular formula is C10H20F3NO. The van der Waals surface area contributed by atoms with Crippen molar-refractivity contribution in [2.75, 3.05) is 19.8 Å². The molecule has 0 aliphatic heterocycles. The molecule has 0 aliphatic carbocycles. The van der Waals surface area contributed by atoms with Gasteiger partial charge in [0, 0.05) is 6.04 Å². The van der Waals surface area contributed by atoms with Crippen LogP contribution in [0.3, 0.4) is 0 Å². The predicted octanol–water partition coefficient (Wildman–Crippen LogP) is 2.59. The number of hydrogen-bond acceptors (Lipinski definition) is 2. The fourth-order valence-electron chi connectivity index (χ4n) is 1.38. The minimum atomic E-state index is -4.23. The number of rotatable bonds is 7. The first-order valence-corrected chi connectivity index (χ1v) is 5.23. The highest BCUT2D eigenvalue weighted by molar-refractivity contribution is 4.67. The van der Waals surface area contributed by atoms with E-state index in [9.17, 15) is 13.2 Å². The Labute approximate surface area is 89.2 Å². The summed E-state index contributed by atoms with van der Waals surface area (Å²) in [5.74, 6) is 0.448. The van der Waals surface area contributed by atoms with Crippen LogP contribution in [0.5, 0.6) is 0 Å². The number of halogens is 3. The van der Waals surface area contributed by atoms with Gasteiger partial charge in [-0.1, -0.05) is 20.8 Å². The van der Waals surface area contributed by atoms with Gasteiger partial charge in [0.05, 0.1) is 6.61 Å². The summed E-state index contributed by atoms with van der Waals surface area (Å²) < 4.78 is 40.1. The van der Waals surface area contributed by atoms with E-state index in [0.717, 1.165) is 13.0 Å². The lowest BCUT2D eigenvalue weighted by Gasteiger charge is -2.20. The van der Waals surface area contributed by atoms with Gasteiger partial charge in [-0.3, -0.25) is 0 Å². The van der Waals surface area contributed by atoms with E-state index < -0.39 is 12.8 Å². The lowest BCUT2D eigenvalue weighted by Crippen LogP contribution is -2.35. The topological polar surface area (TPSA) is 21.3 Å². The van der Waals surface area contributed by atoms with Gasteiger partial charge in [-0.25, -0.2) is 0 Å². The highest BCUT2D eigenvalue weighted by Gasteiger charge is 2.27. The third kappa shape index (κ3) is 10.0. The van der Waals surface area contributed by atoms with Gasteiger partial charge in [0.1, 0.15) is 6.61 Å². The second-order valence-electron chi connectivity index (χ2n) is 4.01. The molecule has 15 heavy (non-hydrogen) atoms. The molecule has 0 rings (SSSR count). The number of ether oxygens (including phenoxy) is 1. The zero-order valence-electron chi connectivity index (χ0n) is 9.53. The normalized spacial score (nSPS) is 14.6. The lowest BCUT2D eigenvalue weighted by molar-refractivity contribution is -0.175. The van der Waals surface area contributed by atoms with Crippen LogP contribution < -0.4 is 5.32 Å². The Bertz CT molecular complexity index is 159. The van der Waals surface area contributed by atoms with Crippen molar-refractivity contribution in [3.63, 3.8) is 0 Å². The number of hydrogen-bond donors (Lipinski definition) is 1. The second-order valence-corrected chi connectivity index (χ2v) is 4.01. The van der Waals surface area contributed by atoms with E-state index in [1.807, 2.05) is 20.8 Å². The Morgan fingerprint density at radius 2 is 1.87 bits per heavy atom. The van der Waals surface area contributed by atoms with Crippen molar-refractivity contribution in [3.8, 4) is 0 Å². The fraction of sp³-hybridized carbons (Fsp3) is 1.00. The Morgan fingerprint density at radius 1 is 1.27 bits per heavy atom. The SMILES string of the molecule is CCNC(COCC(F)(F)F)CC(C)C. The van der Waals surface area contributed by atoms with E-state index in [1.54, 1.807) is 0 Å². The summed E-state index contributed by atoms with van der Waals surface area (Å²) in [6.07, 6.45) is -3.40. The third-order valence-corrected chi connectivity index (χ3v) is 1.83. The zero-order valence-corrected chi connectivity index (χ0v) is 9.53. The highest BCUT2D eigenvalue weighted by Crippen LogP contribution is 2.15. The first kappa shape index (κ1) is 14.7. The molecule has 0 saturated heterocycles. The first-order chi connectivity index (χ1) is 6.85. The quantitative estimate of drug-likeness (QED) is 0.721. The summed E-state index contributed by atoms with van der Waals surface area (Å²) in [5, 5.41) is 3.11. The Morgan fingerprint density at radius 3 is 2.27 bits per heavy atom. The van der Waals surface area contributed by atoms with Gasteiger partial charge < -0.3 is 10.1 Å². The van der Waals surface area contributed by atoms with Crippen LogP contribution in [0.4, 0.5) is 13.2 Å². The maximum Gasteiger partial charge on any atom is 0.411 e. The molecule has 0 radical (unpaired) electrons. The molecule has 0 fully saturated rings. The average Bonchev–Trinajstić information content (AvgIpc) is 2.00. The largest absolute Gasteiger partial charge is 0.411 e. The molecule has 2 nitrogen and oxygen atoms in total. The van der Waals surface area contributed by atoms with Gasteiger partial charge in [-0.15, -0.1) is 0 Å². The molecule has 1 atom stereocenters. The van der Waals surface area contributed by atoms with E-state index in [-0.39, 0.29) is 12.6 Å². The van der Waals surface area contributed by atoms with Crippen molar-refractivity contribution in [1.29, 1.82) is 0 Å². The molecular weight excluding hydrogens is 207 g/mol. The van der Waals surface area contributed by atoms with Crippen molar-refractivity contribution in [3.05, 3.63) is 0 Å². The molecule has 0 amide bonds. The lowest BCUT2D eigenvalue weighted by atomic mass is 10.0. The molecule has 0 saturated carbocycles. The number of nitrogens with one attached hydrogen (secondary N) is 1. The van der Waals surface area contributed by atoms with Crippen LogP contribution >= 0.6 is 0 Å². The second kappa shape index (κ2) is 7.06. The Hall–Kier alpha value is -0.290. The summed E-state index contributed by atoms with van der Waals surface area (Å²) >= 11 is 0. The molecule has 0 heterocycles. The highest BCUT2D eigenvalue weighted by atomic mass is 19.4. The van der Waals surface area contributed by atoms with Crippen LogP contribution in [0, 0.1) is 5.92 Å². The van der Waals surface area contributed by atoms with Crippen LogP contribution in [0.25, 0.3) is 0 Å². The molecule has 5 heteroatoms. The van der Waals surface area contributed by atoms with Crippen molar-refractivity contribution >= 4 is 0 Å². The maximum atomic E-state index is 11.8. The van der Waals surface area contributed by atoms with Gasteiger partial charge in [0.2, 0.25) is 0 Å². The molecule has 0 bridgehead atoms. The molecule has 0 aromatic heterocycles. The maximum absolute atomic E-state index is 11.8. The molecule has 0 aliphatic rings. The van der Waals surface area contributed by atoms with E-state index in [4.69, 9.17) is 0 Å². The molecule has 0 spiro atoms. The number of likely N-dealkylation sites (N-methyl/N-ethyl adjacent to an activating group) is 1. The first-order valence-electron chi connectivity index (χ1n) is 5.23. The Kier molecular flexibility index (Phi) is 6.92. The monoisotopic (exact) mass is 227 g/mol. The van der Waals surface area contributed by atoms with Gasteiger partial charge in [0.25, 0.3) is 0 Å². The molecule has 92 valence electrons. The van der Waals surface area contributed by atoms with Crippen LogP contribution in [0.1, 0.15) is 27.2 Å². The molecule has 0 aromatic rings. The van der Waals surface area contributed by atoms with Crippen molar-refractivity contribution < 1.29 is 17.9 Å². The summed E-state index contributed by atoms with van der Waals surface area (Å²) in [4.78, 5) is 0. The molecule has 0 aromatic carbocycles. The standard InChI is InChI=1S/C10H20F3NO/c1-4-14-9(5-8(2)3)6-15-7-10(11,12)13/h8-9,14H,4-7H2,1-3H3. The summed E-state index contributed by atoms with van der Waals surface area (Å²) in [6, 6.07) is 0.0114. The minimum Gasteiger partial charge on any atom is -0.370 e. The van der Waals surface area contributed by atoms with E-state index in [1.165, 1.54) is 0 Å². The van der Waals surface area contributed by atoms with E-state index >= 15 is 0 Å². The van der Waals surface area contributed by atoms with Crippen molar-refractivity contribution in [1.82, 2.24) is 5.32 Å². The predicted molar refractivity (Wildman–Crippen MR) is 53.8 cm³/mol. The molecule has 1 unspecified atom stereocenters. The summed E-state index contributed by atoms with van der Waals surface area (Å²) in [6.45, 7) is 5.70. The van der Waals surface area contributed by atoms with E-state index in [2.05, 4.69) is 10.1 Å². The van der Waals surface area contributed by atoms with Gasteiger partial charge in [-0.2, -0.15) is 13.2 Å². The van der Waals surface area contributed by atoms with Crippen molar-refractivity contribution in [2.24, 2.45) is 5.92 Å². The van der Waals surface area contributed by atoms with Crippen LogP contribution in [0.15, 0.2) is 0 Å². The van der Waals surface area contributed by atoms with Crippen LogP contribution in [-0.4, -0.2) is 32.0 Å². The van der Waals surface area contributed by atoms with E-state index in [0.29, 0.717) is 5.92 Å². The van der Waals surface area contributed by atoms with Gasteiger partial charge >= 0.3 is 6.18 Å². The number of alkyl halides is 3. The van der Waals surface area contributed by atoms with Gasteiger partial charge in [0.15, 0.2) is 0 Å². The molecule has 1 N–H and O–H groups in total. The zero-order chi connectivity index (χ0) is 11.9. The minimum absolute atomic E-state index is 0.0114. The third-order valence-electron chi connectivity index (χ3n) is 1.83. The van der Waals surface area contributed by atoms with Crippen LogP contribution in [-0.2, 0) is 4.74 Å². The Balaban J connectivity index is 3.75.